The van der Waals surface area contributed by atoms with Crippen LogP contribution in [-0.2, 0) is 9.30 Å². The third-order valence-electron chi connectivity index (χ3n) is 2.37. The Kier molecular flexibility index (Phi) is 3.67. The lowest BCUT2D eigenvalue weighted by Gasteiger charge is -2.04. The molecule has 0 aliphatic heterocycles. The second kappa shape index (κ2) is 5.12. The number of nitrogens with zero attached hydrogens (tertiary/aromatic N) is 1. The van der Waals surface area contributed by atoms with E-state index in [1.54, 1.807) is 6.92 Å². The number of furan rings is 1. The van der Waals surface area contributed by atoms with Gasteiger partial charge in [0.1, 0.15) is 5.30 Å². The summed E-state index contributed by atoms with van der Waals surface area (Å²) in [4.78, 5) is 30.2. The first-order valence-corrected chi connectivity index (χ1v) is 7.03. The van der Waals surface area contributed by atoms with Crippen LogP contribution in [0.25, 0.3) is 11.5 Å². The van der Waals surface area contributed by atoms with Crippen LogP contribution in [0.15, 0.2) is 21.3 Å². The maximum Gasteiger partial charge on any atom is 0.360 e. The Morgan fingerprint density at radius 1 is 1.55 bits per heavy atom. The summed E-state index contributed by atoms with van der Waals surface area (Å²) in [5.41, 5.74) is 5.01. The molecule has 20 heavy (non-hydrogen) atoms. The molecule has 0 saturated heterocycles. The van der Waals surface area contributed by atoms with Crippen molar-refractivity contribution in [3.63, 3.8) is 0 Å². The maximum absolute atomic E-state index is 11.8. The summed E-state index contributed by atoms with van der Waals surface area (Å²) in [6.45, 7) is 1.68. The molecule has 2 rings (SSSR count). The molecule has 0 unspecified atom stereocenters. The standard InChI is InChI=1S/C10H11N2O7P/c1-2-17-10(13)6-7(12-19-9(6)11)8-5(3-4-18-8)20(14,15)16/h3-4H,2,11H2,1H3,(H2,14,15,16). The molecule has 0 bridgehead atoms. The van der Waals surface area contributed by atoms with Crippen molar-refractivity contribution < 1.29 is 32.8 Å². The minimum atomic E-state index is -4.60. The average molecular weight is 302 g/mol. The second-order valence-corrected chi connectivity index (χ2v) is 5.24. The minimum Gasteiger partial charge on any atom is -0.462 e. The van der Waals surface area contributed by atoms with Gasteiger partial charge in [-0.15, -0.1) is 0 Å². The van der Waals surface area contributed by atoms with Gasteiger partial charge in [-0.05, 0) is 13.0 Å². The van der Waals surface area contributed by atoms with Gasteiger partial charge in [0.2, 0.25) is 5.88 Å². The molecule has 0 radical (unpaired) electrons. The molecule has 0 aromatic carbocycles. The van der Waals surface area contributed by atoms with Crippen LogP contribution in [0.1, 0.15) is 17.3 Å². The second-order valence-electron chi connectivity index (χ2n) is 3.67. The number of hydrogen-bond donors (Lipinski definition) is 3. The summed E-state index contributed by atoms with van der Waals surface area (Å²) in [5.74, 6) is -1.44. The normalized spacial score (nSPS) is 11.6. The number of ether oxygens (including phenoxy) is 1. The largest absolute Gasteiger partial charge is 0.462 e. The number of rotatable bonds is 4. The van der Waals surface area contributed by atoms with Crippen LogP contribution in [0.4, 0.5) is 5.88 Å². The summed E-state index contributed by atoms with van der Waals surface area (Å²) in [6, 6.07) is 1.08. The van der Waals surface area contributed by atoms with E-state index in [0.717, 1.165) is 12.3 Å². The molecule has 0 aliphatic carbocycles. The molecule has 0 atom stereocenters. The van der Waals surface area contributed by atoms with Crippen molar-refractivity contribution in [2.24, 2.45) is 0 Å². The number of hydrogen-bond acceptors (Lipinski definition) is 7. The predicted octanol–water partition coefficient (Wildman–Crippen LogP) is 0.496. The van der Waals surface area contributed by atoms with E-state index in [4.69, 9.17) is 14.9 Å². The molecule has 0 spiro atoms. The Morgan fingerprint density at radius 2 is 2.25 bits per heavy atom. The van der Waals surface area contributed by atoms with Crippen molar-refractivity contribution in [3.8, 4) is 11.5 Å². The molecule has 108 valence electrons. The Labute approximate surface area is 112 Å². The topological polar surface area (TPSA) is 149 Å². The van der Waals surface area contributed by atoms with Gasteiger partial charge >= 0.3 is 13.6 Å². The van der Waals surface area contributed by atoms with Crippen molar-refractivity contribution in [3.05, 3.63) is 17.9 Å². The number of nitrogen functional groups attached to an aromatic ring is 1. The first-order chi connectivity index (χ1) is 9.36. The minimum absolute atomic E-state index is 0.0897. The molecular formula is C10H11N2O7P. The lowest BCUT2D eigenvalue weighted by Crippen LogP contribution is -2.10. The van der Waals surface area contributed by atoms with Crippen molar-refractivity contribution in [2.75, 3.05) is 12.3 Å². The van der Waals surface area contributed by atoms with E-state index in [-0.39, 0.29) is 29.5 Å². The lowest BCUT2D eigenvalue weighted by molar-refractivity contribution is 0.0527. The smallest absolute Gasteiger partial charge is 0.360 e. The molecule has 0 amide bonds. The molecular weight excluding hydrogens is 291 g/mol. The molecule has 4 N–H and O–H groups in total. The van der Waals surface area contributed by atoms with Gasteiger partial charge in [0.25, 0.3) is 0 Å². The number of anilines is 1. The van der Waals surface area contributed by atoms with Crippen LogP contribution in [0.2, 0.25) is 0 Å². The van der Waals surface area contributed by atoms with Crippen molar-refractivity contribution >= 4 is 24.8 Å². The molecule has 2 heterocycles. The fraction of sp³-hybridized carbons (Fsp3) is 0.200. The van der Waals surface area contributed by atoms with Gasteiger partial charge in [0, 0.05) is 0 Å². The Morgan fingerprint density at radius 3 is 2.85 bits per heavy atom. The highest BCUT2D eigenvalue weighted by atomic mass is 31.2. The van der Waals surface area contributed by atoms with E-state index < -0.39 is 18.9 Å². The van der Waals surface area contributed by atoms with Crippen LogP contribution < -0.4 is 11.0 Å². The van der Waals surface area contributed by atoms with Crippen molar-refractivity contribution in [2.45, 2.75) is 6.92 Å². The fourth-order valence-electron chi connectivity index (χ4n) is 1.57. The van der Waals surface area contributed by atoms with E-state index in [1.807, 2.05) is 0 Å². The summed E-state index contributed by atoms with van der Waals surface area (Å²) in [6.07, 6.45) is 1.06. The summed E-state index contributed by atoms with van der Waals surface area (Å²) in [7, 11) is -4.60. The van der Waals surface area contributed by atoms with Gasteiger partial charge in [-0.25, -0.2) is 4.79 Å². The Balaban J connectivity index is 2.58. The maximum atomic E-state index is 11.8. The van der Waals surface area contributed by atoms with Crippen LogP contribution in [0, 0.1) is 0 Å². The number of carbonyl (C=O) groups excluding carboxylic acids is 1. The Bertz CT molecular complexity index is 684. The monoisotopic (exact) mass is 302 g/mol. The van der Waals surface area contributed by atoms with Crippen molar-refractivity contribution in [1.82, 2.24) is 5.16 Å². The summed E-state index contributed by atoms with van der Waals surface area (Å²) >= 11 is 0. The van der Waals surface area contributed by atoms with Crippen LogP contribution in [0.3, 0.4) is 0 Å². The molecule has 0 aliphatic rings. The quantitative estimate of drug-likeness (QED) is 0.541. The number of nitrogens with two attached hydrogens (primary N) is 1. The number of carbonyl (C=O) groups is 1. The SMILES string of the molecule is CCOC(=O)c1c(-c2occc2P(=O)(O)O)noc1N. The molecule has 0 fully saturated rings. The third-order valence-corrected chi connectivity index (χ3v) is 3.35. The molecule has 10 heteroatoms. The summed E-state index contributed by atoms with van der Waals surface area (Å²) in [5, 5.41) is 3.08. The van der Waals surface area contributed by atoms with E-state index in [0.29, 0.717) is 0 Å². The highest BCUT2D eigenvalue weighted by Gasteiger charge is 2.32. The molecule has 2 aromatic rings. The van der Waals surface area contributed by atoms with E-state index in [2.05, 4.69) is 9.68 Å². The molecule has 9 nitrogen and oxygen atoms in total. The van der Waals surface area contributed by atoms with Crippen molar-refractivity contribution in [1.29, 1.82) is 0 Å². The zero-order chi connectivity index (χ0) is 14.9. The molecule has 2 aromatic heterocycles. The van der Waals surface area contributed by atoms with Gasteiger partial charge in [-0.2, -0.15) is 0 Å². The van der Waals surface area contributed by atoms with Gasteiger partial charge in [-0.1, -0.05) is 5.16 Å². The Hall–Kier alpha value is -2.09. The zero-order valence-electron chi connectivity index (χ0n) is 10.3. The molecule has 0 saturated carbocycles. The van der Waals surface area contributed by atoms with Gasteiger partial charge in [-0.3, -0.25) is 4.57 Å². The first-order valence-electron chi connectivity index (χ1n) is 5.42. The van der Waals surface area contributed by atoms with Gasteiger partial charge in [0.05, 0.1) is 12.9 Å². The van der Waals surface area contributed by atoms with Crippen LogP contribution in [0.5, 0.6) is 0 Å². The third kappa shape index (κ3) is 2.46. The van der Waals surface area contributed by atoms with E-state index in [1.165, 1.54) is 0 Å². The van der Waals surface area contributed by atoms with Crippen LogP contribution in [-0.4, -0.2) is 27.5 Å². The average Bonchev–Trinajstić information content (AvgIpc) is 2.93. The number of esters is 1. The van der Waals surface area contributed by atoms with Gasteiger partial charge < -0.3 is 29.2 Å². The highest BCUT2D eigenvalue weighted by molar-refractivity contribution is 7.60. The predicted molar refractivity (Wildman–Crippen MR) is 66.3 cm³/mol. The number of aromatic nitrogens is 1. The van der Waals surface area contributed by atoms with E-state index in [9.17, 15) is 19.1 Å². The lowest BCUT2D eigenvalue weighted by atomic mass is 10.2. The van der Waals surface area contributed by atoms with Gasteiger partial charge in [0.15, 0.2) is 17.0 Å². The van der Waals surface area contributed by atoms with Crippen LogP contribution >= 0.6 is 7.60 Å². The first kappa shape index (κ1) is 14.3. The van der Waals surface area contributed by atoms with E-state index >= 15 is 0 Å². The summed E-state index contributed by atoms with van der Waals surface area (Å²) < 4.78 is 25.8. The highest BCUT2D eigenvalue weighted by Crippen LogP contribution is 2.39. The fourth-order valence-corrected chi connectivity index (χ4v) is 2.25. The zero-order valence-corrected chi connectivity index (χ0v) is 11.2.